The summed E-state index contributed by atoms with van der Waals surface area (Å²) in [5.41, 5.74) is 1.96. The van der Waals surface area contributed by atoms with E-state index in [1.54, 1.807) is 7.11 Å². The van der Waals surface area contributed by atoms with Gasteiger partial charge in [-0.15, -0.1) is 0 Å². The molecule has 0 amide bonds. The molecular weight excluding hydrogens is 338 g/mol. The van der Waals surface area contributed by atoms with Crippen LogP contribution in [-0.4, -0.2) is 63.6 Å². The van der Waals surface area contributed by atoms with Crippen molar-refractivity contribution in [1.82, 2.24) is 10.2 Å². The van der Waals surface area contributed by atoms with Gasteiger partial charge < -0.3 is 15.0 Å². The fourth-order valence-corrected chi connectivity index (χ4v) is 3.46. The molecule has 1 N–H and O–H groups in total. The summed E-state index contributed by atoms with van der Waals surface area (Å²) in [4.78, 5) is 16.9. The highest BCUT2D eigenvalue weighted by molar-refractivity contribution is 5.97. The zero-order chi connectivity index (χ0) is 18.9. The molecule has 5 nitrogen and oxygen atoms in total. The molecule has 1 heterocycles. The van der Waals surface area contributed by atoms with Gasteiger partial charge in [0.15, 0.2) is 5.78 Å². The molecule has 3 rings (SSSR count). The molecule has 2 aromatic carbocycles. The molecule has 1 aliphatic rings. The first kappa shape index (κ1) is 19.4. The zero-order valence-electron chi connectivity index (χ0n) is 16.1. The van der Waals surface area contributed by atoms with Gasteiger partial charge in [-0.3, -0.25) is 9.69 Å². The second-order valence-corrected chi connectivity index (χ2v) is 6.82. The van der Waals surface area contributed by atoms with E-state index in [1.807, 2.05) is 42.5 Å². The van der Waals surface area contributed by atoms with Gasteiger partial charge in [0, 0.05) is 31.7 Å². The van der Waals surface area contributed by atoms with Gasteiger partial charge in [0.05, 0.1) is 19.3 Å². The monoisotopic (exact) mass is 367 g/mol. The zero-order valence-corrected chi connectivity index (χ0v) is 16.1. The Hall–Kier alpha value is -2.37. The predicted octanol–water partition coefficient (Wildman–Crippen LogP) is 2.68. The second kappa shape index (κ2) is 10.1. The van der Waals surface area contributed by atoms with Crippen LogP contribution in [0.25, 0.3) is 0 Å². The third kappa shape index (κ3) is 5.55. The average Bonchev–Trinajstić information content (AvgIpc) is 2.74. The number of methoxy groups -OCH3 is 1. The molecule has 2 aromatic rings. The third-order valence-corrected chi connectivity index (χ3v) is 5.01. The number of benzene rings is 2. The molecule has 0 saturated carbocycles. The normalized spacial score (nSPS) is 14.9. The van der Waals surface area contributed by atoms with Gasteiger partial charge in [0.2, 0.25) is 0 Å². The van der Waals surface area contributed by atoms with Crippen molar-refractivity contribution in [1.29, 1.82) is 0 Å². The standard InChI is InChI=1S/C22H29N3O2/c1-27-22-11-6-5-10-20(22)25-16-14-24(15-17-25)13-7-12-23-18-21(26)19-8-3-2-4-9-19/h2-6,8-11,23H,7,12-18H2,1H3. The van der Waals surface area contributed by atoms with Crippen LogP contribution in [0.4, 0.5) is 5.69 Å². The topological polar surface area (TPSA) is 44.8 Å². The van der Waals surface area contributed by atoms with E-state index in [-0.39, 0.29) is 5.78 Å². The smallest absolute Gasteiger partial charge is 0.176 e. The second-order valence-electron chi connectivity index (χ2n) is 6.82. The van der Waals surface area contributed by atoms with Gasteiger partial charge in [-0.2, -0.15) is 0 Å². The summed E-state index contributed by atoms with van der Waals surface area (Å²) in [6.45, 7) is 6.48. The van der Waals surface area contributed by atoms with Crippen LogP contribution >= 0.6 is 0 Å². The average molecular weight is 367 g/mol. The number of ketones is 1. The van der Waals surface area contributed by atoms with Crippen LogP contribution in [0.1, 0.15) is 16.8 Å². The van der Waals surface area contributed by atoms with Gasteiger partial charge in [0.1, 0.15) is 5.75 Å². The molecule has 0 atom stereocenters. The van der Waals surface area contributed by atoms with Gasteiger partial charge in [0.25, 0.3) is 0 Å². The summed E-state index contributed by atoms with van der Waals surface area (Å²) in [6.07, 6.45) is 1.05. The fourth-order valence-electron chi connectivity index (χ4n) is 3.46. The van der Waals surface area contributed by atoms with Gasteiger partial charge in [-0.05, 0) is 31.6 Å². The van der Waals surface area contributed by atoms with E-state index in [4.69, 9.17) is 4.74 Å². The first-order valence-electron chi connectivity index (χ1n) is 9.67. The number of para-hydroxylation sites is 2. The highest BCUT2D eigenvalue weighted by Crippen LogP contribution is 2.28. The number of ether oxygens (including phenoxy) is 1. The molecule has 144 valence electrons. The van der Waals surface area contributed by atoms with Crippen molar-refractivity contribution >= 4 is 11.5 Å². The lowest BCUT2D eigenvalue weighted by Gasteiger charge is -2.36. The third-order valence-electron chi connectivity index (χ3n) is 5.01. The molecule has 0 unspecified atom stereocenters. The number of nitrogens with zero attached hydrogens (tertiary/aromatic N) is 2. The molecule has 27 heavy (non-hydrogen) atoms. The predicted molar refractivity (Wildman–Crippen MR) is 110 cm³/mol. The Balaban J connectivity index is 1.32. The highest BCUT2D eigenvalue weighted by atomic mass is 16.5. The van der Waals surface area contributed by atoms with E-state index >= 15 is 0 Å². The van der Waals surface area contributed by atoms with Crippen LogP contribution in [0, 0.1) is 0 Å². The number of carbonyl (C=O) groups is 1. The van der Waals surface area contributed by atoms with E-state index in [9.17, 15) is 4.79 Å². The largest absolute Gasteiger partial charge is 0.495 e. The minimum atomic E-state index is 0.154. The van der Waals surface area contributed by atoms with Crippen molar-refractivity contribution in [2.24, 2.45) is 0 Å². The Kier molecular flexibility index (Phi) is 7.25. The number of hydrogen-bond donors (Lipinski definition) is 1. The van der Waals surface area contributed by atoms with Gasteiger partial charge in [-0.25, -0.2) is 0 Å². The van der Waals surface area contributed by atoms with E-state index in [0.29, 0.717) is 6.54 Å². The Morgan fingerprint density at radius 3 is 2.44 bits per heavy atom. The Bertz CT molecular complexity index is 713. The van der Waals surface area contributed by atoms with E-state index in [2.05, 4.69) is 27.2 Å². The number of anilines is 1. The fraction of sp³-hybridized carbons (Fsp3) is 0.409. The summed E-state index contributed by atoms with van der Waals surface area (Å²) in [7, 11) is 1.73. The number of hydrogen-bond acceptors (Lipinski definition) is 5. The minimum absolute atomic E-state index is 0.154. The molecule has 0 aliphatic carbocycles. The van der Waals surface area contributed by atoms with E-state index < -0.39 is 0 Å². The molecule has 1 saturated heterocycles. The van der Waals surface area contributed by atoms with Crippen molar-refractivity contribution in [2.45, 2.75) is 6.42 Å². The van der Waals surface area contributed by atoms with Gasteiger partial charge >= 0.3 is 0 Å². The lowest BCUT2D eigenvalue weighted by molar-refractivity contribution is 0.0991. The van der Waals surface area contributed by atoms with E-state index in [0.717, 1.165) is 57.0 Å². The molecule has 0 spiro atoms. The first-order chi connectivity index (χ1) is 13.3. The number of piperazine rings is 1. The number of rotatable bonds is 9. The lowest BCUT2D eigenvalue weighted by atomic mass is 10.1. The highest BCUT2D eigenvalue weighted by Gasteiger charge is 2.19. The van der Waals surface area contributed by atoms with Crippen LogP contribution in [0.5, 0.6) is 5.75 Å². The molecule has 1 fully saturated rings. The van der Waals surface area contributed by atoms with Crippen molar-refractivity contribution in [3.63, 3.8) is 0 Å². The first-order valence-corrected chi connectivity index (χ1v) is 9.67. The summed E-state index contributed by atoms with van der Waals surface area (Å²) in [5, 5.41) is 3.27. The summed E-state index contributed by atoms with van der Waals surface area (Å²) in [5.74, 6) is 1.10. The lowest BCUT2D eigenvalue weighted by Crippen LogP contribution is -2.47. The van der Waals surface area contributed by atoms with Crippen molar-refractivity contribution in [3.8, 4) is 5.75 Å². The molecule has 1 aliphatic heterocycles. The molecule has 0 radical (unpaired) electrons. The van der Waals surface area contributed by atoms with Gasteiger partial charge in [-0.1, -0.05) is 42.5 Å². The molecule has 0 aromatic heterocycles. The maximum atomic E-state index is 12.0. The van der Waals surface area contributed by atoms with Crippen molar-refractivity contribution in [2.75, 3.05) is 57.8 Å². The Labute approximate surface area is 161 Å². The molecule has 0 bridgehead atoms. The Morgan fingerprint density at radius 1 is 1.00 bits per heavy atom. The van der Waals surface area contributed by atoms with Crippen molar-refractivity contribution < 1.29 is 9.53 Å². The number of nitrogens with one attached hydrogen (secondary N) is 1. The van der Waals surface area contributed by atoms with Crippen LogP contribution in [0.2, 0.25) is 0 Å². The summed E-state index contributed by atoms with van der Waals surface area (Å²) < 4.78 is 5.48. The summed E-state index contributed by atoms with van der Waals surface area (Å²) >= 11 is 0. The maximum absolute atomic E-state index is 12.0. The van der Waals surface area contributed by atoms with Crippen LogP contribution < -0.4 is 15.0 Å². The number of Topliss-reactive ketones (excluding diaryl/α,β-unsaturated/α-hetero) is 1. The van der Waals surface area contributed by atoms with Crippen LogP contribution in [-0.2, 0) is 0 Å². The quantitative estimate of drug-likeness (QED) is 0.545. The maximum Gasteiger partial charge on any atom is 0.176 e. The van der Waals surface area contributed by atoms with E-state index in [1.165, 1.54) is 5.69 Å². The molecular formula is C22H29N3O2. The van der Waals surface area contributed by atoms with Crippen LogP contribution in [0.15, 0.2) is 54.6 Å². The molecule has 5 heteroatoms. The number of carbonyl (C=O) groups excluding carboxylic acids is 1. The van der Waals surface area contributed by atoms with Crippen LogP contribution in [0.3, 0.4) is 0 Å². The summed E-state index contributed by atoms with van der Waals surface area (Å²) in [6, 6.07) is 17.7. The Morgan fingerprint density at radius 2 is 1.70 bits per heavy atom. The van der Waals surface area contributed by atoms with Crippen molar-refractivity contribution in [3.05, 3.63) is 60.2 Å². The SMILES string of the molecule is COc1ccccc1N1CCN(CCCNCC(=O)c2ccccc2)CC1. The minimum Gasteiger partial charge on any atom is -0.495 e.